The Morgan fingerprint density at radius 1 is 1.33 bits per heavy atom. The molecule has 1 heterocycles. The van der Waals surface area contributed by atoms with Crippen molar-refractivity contribution in [3.63, 3.8) is 0 Å². The fraction of sp³-hybridized carbons (Fsp3) is 0.750. The monoisotopic (exact) mass is 359 g/mol. The molecule has 1 aromatic rings. The summed E-state index contributed by atoms with van der Waals surface area (Å²) in [5.74, 6) is -0.564. The predicted octanol–water partition coefficient (Wildman–Crippen LogP) is 2.17. The Labute approximate surface area is 145 Å². The van der Waals surface area contributed by atoms with Gasteiger partial charge in [-0.2, -0.15) is 9.40 Å². The fourth-order valence-electron chi connectivity index (χ4n) is 2.43. The van der Waals surface area contributed by atoms with Crippen LogP contribution in [0, 0.1) is 13.8 Å². The van der Waals surface area contributed by atoms with Gasteiger partial charge in [0, 0.05) is 13.1 Å². The van der Waals surface area contributed by atoms with Crippen LogP contribution >= 0.6 is 0 Å². The minimum atomic E-state index is -3.85. The Kier molecular flexibility index (Phi) is 6.21. The molecule has 8 heteroatoms. The number of ether oxygens (including phenoxy) is 1. The summed E-state index contributed by atoms with van der Waals surface area (Å²) >= 11 is 0. The second kappa shape index (κ2) is 7.23. The van der Waals surface area contributed by atoms with Gasteiger partial charge >= 0.3 is 5.97 Å². The number of hydrogen-bond acceptors (Lipinski definition) is 5. The number of sulfonamides is 1. The van der Waals surface area contributed by atoms with Crippen LogP contribution < -0.4 is 0 Å². The lowest BCUT2D eigenvalue weighted by molar-refractivity contribution is -0.155. The Balaban J connectivity index is 3.27. The zero-order valence-electron chi connectivity index (χ0n) is 15.9. The highest BCUT2D eigenvalue weighted by molar-refractivity contribution is 7.89. The third-order valence-corrected chi connectivity index (χ3v) is 6.01. The number of aromatic nitrogens is 2. The molecule has 0 N–H and O–H groups in total. The van der Waals surface area contributed by atoms with Gasteiger partial charge in [0.2, 0.25) is 10.0 Å². The molecule has 0 bridgehead atoms. The van der Waals surface area contributed by atoms with Crippen LogP contribution in [0.1, 0.15) is 52.4 Å². The van der Waals surface area contributed by atoms with E-state index in [2.05, 4.69) is 5.10 Å². The highest BCUT2D eigenvalue weighted by Crippen LogP contribution is 2.25. The summed E-state index contributed by atoms with van der Waals surface area (Å²) in [5, 5.41) is 4.18. The first-order chi connectivity index (χ1) is 10.8. The van der Waals surface area contributed by atoms with Crippen LogP contribution in [-0.4, -0.2) is 46.7 Å². The van der Waals surface area contributed by atoms with Gasteiger partial charge in [0.1, 0.15) is 17.0 Å². The van der Waals surface area contributed by atoms with E-state index < -0.39 is 21.6 Å². The third-order valence-electron chi connectivity index (χ3n) is 3.80. The van der Waals surface area contributed by atoms with Crippen LogP contribution in [-0.2, 0) is 26.6 Å². The fourth-order valence-corrected chi connectivity index (χ4v) is 4.48. The van der Waals surface area contributed by atoms with E-state index in [9.17, 15) is 13.2 Å². The smallest absolute Gasteiger partial charge is 0.321 e. The first-order valence-electron chi connectivity index (χ1n) is 8.05. The summed E-state index contributed by atoms with van der Waals surface area (Å²) in [7, 11) is -2.16. The van der Waals surface area contributed by atoms with Crippen LogP contribution in [0.4, 0.5) is 0 Å². The van der Waals surface area contributed by atoms with E-state index in [4.69, 9.17) is 4.74 Å². The molecule has 0 aliphatic heterocycles. The van der Waals surface area contributed by atoms with Crippen molar-refractivity contribution in [1.82, 2.24) is 14.1 Å². The first-order valence-corrected chi connectivity index (χ1v) is 9.49. The van der Waals surface area contributed by atoms with Crippen LogP contribution in [0.2, 0.25) is 0 Å². The highest BCUT2D eigenvalue weighted by Gasteiger charge is 2.35. The van der Waals surface area contributed by atoms with Gasteiger partial charge in [0.15, 0.2) is 0 Å². The van der Waals surface area contributed by atoms with Crippen molar-refractivity contribution < 1.29 is 17.9 Å². The van der Waals surface area contributed by atoms with Crippen LogP contribution in [0.3, 0.4) is 0 Å². The number of nitrogens with zero attached hydrogens (tertiary/aromatic N) is 3. The summed E-state index contributed by atoms with van der Waals surface area (Å²) < 4.78 is 34.3. The molecule has 0 saturated heterocycles. The van der Waals surface area contributed by atoms with E-state index in [1.807, 2.05) is 6.92 Å². The van der Waals surface area contributed by atoms with Gasteiger partial charge in [-0.05, 0) is 48.0 Å². The maximum Gasteiger partial charge on any atom is 0.321 e. The number of aryl methyl sites for hydroxylation is 2. The van der Waals surface area contributed by atoms with Crippen molar-refractivity contribution in [3.8, 4) is 0 Å². The lowest BCUT2D eigenvalue weighted by Gasteiger charge is -2.28. The van der Waals surface area contributed by atoms with Crippen LogP contribution in [0.15, 0.2) is 4.90 Å². The lowest BCUT2D eigenvalue weighted by Crippen LogP contribution is -2.43. The summed E-state index contributed by atoms with van der Waals surface area (Å²) in [6.45, 7) is 12.0. The molecule has 0 amide bonds. The SMILES string of the molecule is CCC(C)N(CC(=O)OC(C)(C)C)S(=O)(=O)c1c(C)nn(C)c1C. The van der Waals surface area contributed by atoms with Gasteiger partial charge in [0.05, 0.1) is 11.4 Å². The molecule has 0 aliphatic rings. The third kappa shape index (κ3) is 4.57. The molecule has 1 rings (SSSR count). The summed E-state index contributed by atoms with van der Waals surface area (Å²) in [5.41, 5.74) is 0.305. The van der Waals surface area contributed by atoms with Crippen molar-refractivity contribution in [2.24, 2.45) is 7.05 Å². The second-order valence-corrected chi connectivity index (χ2v) is 8.84. The molecular weight excluding hydrogens is 330 g/mol. The highest BCUT2D eigenvalue weighted by atomic mass is 32.2. The topological polar surface area (TPSA) is 81.5 Å². The Morgan fingerprint density at radius 3 is 2.25 bits per heavy atom. The minimum Gasteiger partial charge on any atom is -0.459 e. The molecule has 1 aromatic heterocycles. The molecule has 0 radical (unpaired) electrons. The largest absolute Gasteiger partial charge is 0.459 e. The Bertz CT molecular complexity index is 702. The van der Waals surface area contributed by atoms with Crippen molar-refractivity contribution >= 4 is 16.0 Å². The number of carbonyl (C=O) groups is 1. The normalized spacial score (nSPS) is 14.0. The number of carbonyl (C=O) groups excluding carboxylic acids is 1. The van der Waals surface area contributed by atoms with E-state index in [-0.39, 0.29) is 17.5 Å². The van der Waals surface area contributed by atoms with E-state index >= 15 is 0 Å². The number of hydrogen-bond donors (Lipinski definition) is 0. The van der Waals surface area contributed by atoms with Crippen LogP contribution in [0.25, 0.3) is 0 Å². The van der Waals surface area contributed by atoms with Gasteiger partial charge in [-0.1, -0.05) is 6.92 Å². The second-order valence-electron chi connectivity index (χ2n) is 7.02. The minimum absolute atomic E-state index is 0.161. The molecule has 0 saturated carbocycles. The zero-order chi connectivity index (χ0) is 18.9. The number of esters is 1. The molecule has 138 valence electrons. The number of rotatable bonds is 6. The standard InChI is InChI=1S/C16H29N3O4S/c1-9-11(2)19(10-14(20)23-16(5,6)7)24(21,22)15-12(3)17-18(8)13(15)4/h11H,9-10H2,1-8H3. The molecule has 0 spiro atoms. The van der Waals surface area contributed by atoms with E-state index in [1.165, 1.54) is 8.99 Å². The van der Waals surface area contributed by atoms with Crippen molar-refractivity contribution in [2.45, 2.75) is 71.4 Å². The quantitative estimate of drug-likeness (QED) is 0.727. The molecule has 24 heavy (non-hydrogen) atoms. The molecular formula is C16H29N3O4S. The maximum absolute atomic E-state index is 13.2. The molecule has 1 atom stereocenters. The van der Waals surface area contributed by atoms with Crippen molar-refractivity contribution in [3.05, 3.63) is 11.4 Å². The zero-order valence-corrected chi connectivity index (χ0v) is 16.7. The molecule has 7 nitrogen and oxygen atoms in total. The first kappa shape index (κ1) is 20.6. The van der Waals surface area contributed by atoms with E-state index in [0.717, 1.165) is 0 Å². The predicted molar refractivity (Wildman–Crippen MR) is 92.2 cm³/mol. The Morgan fingerprint density at radius 2 is 1.88 bits per heavy atom. The lowest BCUT2D eigenvalue weighted by atomic mass is 10.2. The van der Waals surface area contributed by atoms with Gasteiger partial charge in [-0.15, -0.1) is 0 Å². The average Bonchev–Trinajstić information content (AvgIpc) is 2.66. The van der Waals surface area contributed by atoms with Crippen LogP contribution in [0.5, 0.6) is 0 Å². The summed E-state index contributed by atoms with van der Waals surface area (Å²) in [4.78, 5) is 12.4. The molecule has 0 aromatic carbocycles. The van der Waals surface area contributed by atoms with Crippen molar-refractivity contribution in [2.75, 3.05) is 6.54 Å². The van der Waals surface area contributed by atoms with E-state index in [0.29, 0.717) is 17.8 Å². The molecule has 1 unspecified atom stereocenters. The van der Waals surface area contributed by atoms with Gasteiger partial charge in [-0.3, -0.25) is 9.48 Å². The Hall–Kier alpha value is -1.41. The molecule has 0 aliphatic carbocycles. The van der Waals surface area contributed by atoms with Gasteiger partial charge in [0.25, 0.3) is 0 Å². The summed E-state index contributed by atoms with van der Waals surface area (Å²) in [6.07, 6.45) is 0.584. The molecule has 0 fully saturated rings. The van der Waals surface area contributed by atoms with Gasteiger partial charge < -0.3 is 4.74 Å². The average molecular weight is 359 g/mol. The van der Waals surface area contributed by atoms with Crippen molar-refractivity contribution in [1.29, 1.82) is 0 Å². The maximum atomic E-state index is 13.2. The van der Waals surface area contributed by atoms with Gasteiger partial charge in [-0.25, -0.2) is 8.42 Å². The van der Waals surface area contributed by atoms with E-state index in [1.54, 1.807) is 48.6 Å². The summed E-state index contributed by atoms with van der Waals surface area (Å²) in [6, 6.07) is -0.332.